The van der Waals surface area contributed by atoms with Gasteiger partial charge in [-0.05, 0) is 25.7 Å². The zero-order valence-electron chi connectivity index (χ0n) is 14.9. The van der Waals surface area contributed by atoms with E-state index in [4.69, 9.17) is 0 Å². The number of rotatable bonds is 6. The molecule has 1 aliphatic carbocycles. The molecule has 1 aromatic heterocycles. The molecule has 138 valence electrons. The van der Waals surface area contributed by atoms with Crippen LogP contribution in [0.3, 0.4) is 0 Å². The second-order valence-electron chi connectivity index (χ2n) is 7.12. The van der Waals surface area contributed by atoms with Crippen LogP contribution >= 0.6 is 0 Å². The van der Waals surface area contributed by atoms with Crippen molar-refractivity contribution in [2.24, 2.45) is 5.92 Å². The van der Waals surface area contributed by atoms with E-state index in [0.29, 0.717) is 18.3 Å². The van der Waals surface area contributed by atoms with Gasteiger partial charge in [-0.15, -0.1) is 0 Å². The molecule has 2 amide bonds. The van der Waals surface area contributed by atoms with E-state index >= 15 is 0 Å². The van der Waals surface area contributed by atoms with Gasteiger partial charge in [-0.25, -0.2) is 4.98 Å². The number of hydrogen-bond donors (Lipinski definition) is 3. The van der Waals surface area contributed by atoms with Gasteiger partial charge in [0.2, 0.25) is 11.8 Å². The monoisotopic (exact) mass is 348 g/mol. The molecule has 2 heterocycles. The predicted octanol–water partition coefficient (Wildman–Crippen LogP) is 0.500. The number of H-pyrrole nitrogens is 1. The van der Waals surface area contributed by atoms with E-state index in [9.17, 15) is 9.59 Å². The number of aryl methyl sites for hydroxylation is 1. The van der Waals surface area contributed by atoms with Crippen molar-refractivity contribution in [3.05, 3.63) is 11.6 Å². The fourth-order valence-corrected chi connectivity index (χ4v) is 3.80. The zero-order valence-corrected chi connectivity index (χ0v) is 14.9. The van der Waals surface area contributed by atoms with Crippen molar-refractivity contribution in [2.45, 2.75) is 58.0 Å². The number of aromatic amines is 1. The van der Waals surface area contributed by atoms with E-state index in [-0.39, 0.29) is 30.8 Å². The van der Waals surface area contributed by atoms with E-state index < -0.39 is 0 Å². The van der Waals surface area contributed by atoms with Gasteiger partial charge in [-0.3, -0.25) is 19.6 Å². The summed E-state index contributed by atoms with van der Waals surface area (Å²) in [6.07, 6.45) is 6.55. The number of nitrogens with one attached hydrogen (secondary N) is 3. The standard InChI is InChI=1S/C17H28N6O2/c1-12-20-15(22-21-12)10-19-16(24)9-14-17(25)18-7-8-23(14)11-13-5-3-2-4-6-13/h13-14H,2-11H2,1H3,(H,18,25)(H,19,24)(H,20,21,22)/t14-/m0/s1. The summed E-state index contributed by atoms with van der Waals surface area (Å²) in [6.45, 7) is 4.50. The van der Waals surface area contributed by atoms with Gasteiger partial charge in [0, 0.05) is 19.6 Å². The number of carbonyl (C=O) groups excluding carboxylic acids is 2. The highest BCUT2D eigenvalue weighted by atomic mass is 16.2. The Hall–Kier alpha value is -1.96. The molecule has 0 radical (unpaired) electrons. The minimum Gasteiger partial charge on any atom is -0.353 e. The summed E-state index contributed by atoms with van der Waals surface area (Å²) >= 11 is 0. The van der Waals surface area contributed by atoms with Crippen molar-refractivity contribution in [2.75, 3.05) is 19.6 Å². The molecule has 1 saturated heterocycles. The maximum Gasteiger partial charge on any atom is 0.237 e. The van der Waals surface area contributed by atoms with Crippen LogP contribution in [0.4, 0.5) is 0 Å². The number of amides is 2. The number of piperazine rings is 1. The van der Waals surface area contributed by atoms with E-state index in [2.05, 4.69) is 30.7 Å². The summed E-state index contributed by atoms with van der Waals surface area (Å²) in [5.74, 6) is 1.75. The molecule has 0 bridgehead atoms. The second-order valence-corrected chi connectivity index (χ2v) is 7.12. The molecule has 1 aliphatic heterocycles. The van der Waals surface area contributed by atoms with Crippen LogP contribution in [0.5, 0.6) is 0 Å². The first-order valence-corrected chi connectivity index (χ1v) is 9.28. The minimum atomic E-state index is -0.371. The second kappa shape index (κ2) is 8.42. The van der Waals surface area contributed by atoms with Gasteiger partial charge in [-0.2, -0.15) is 5.10 Å². The molecule has 0 aromatic carbocycles. The van der Waals surface area contributed by atoms with Gasteiger partial charge in [-0.1, -0.05) is 19.3 Å². The maximum absolute atomic E-state index is 12.3. The molecule has 2 aliphatic rings. The largest absolute Gasteiger partial charge is 0.353 e. The lowest BCUT2D eigenvalue weighted by Crippen LogP contribution is -2.57. The van der Waals surface area contributed by atoms with Gasteiger partial charge < -0.3 is 10.6 Å². The molecule has 25 heavy (non-hydrogen) atoms. The third-order valence-electron chi connectivity index (χ3n) is 5.13. The van der Waals surface area contributed by atoms with Crippen LogP contribution in [0.1, 0.15) is 50.2 Å². The first-order valence-electron chi connectivity index (χ1n) is 9.28. The average Bonchev–Trinajstić information content (AvgIpc) is 3.02. The minimum absolute atomic E-state index is 0.0362. The molecule has 8 heteroatoms. The number of nitrogens with zero attached hydrogens (tertiary/aromatic N) is 3. The quantitative estimate of drug-likeness (QED) is 0.695. The van der Waals surface area contributed by atoms with Crippen LogP contribution < -0.4 is 10.6 Å². The van der Waals surface area contributed by atoms with Crippen molar-refractivity contribution < 1.29 is 9.59 Å². The summed E-state index contributed by atoms with van der Waals surface area (Å²) in [7, 11) is 0. The number of carbonyl (C=O) groups is 2. The Morgan fingerprint density at radius 2 is 2.12 bits per heavy atom. The van der Waals surface area contributed by atoms with Crippen LogP contribution in [0.15, 0.2) is 0 Å². The molecular weight excluding hydrogens is 320 g/mol. The van der Waals surface area contributed by atoms with Gasteiger partial charge in [0.1, 0.15) is 5.82 Å². The zero-order chi connectivity index (χ0) is 17.6. The topological polar surface area (TPSA) is 103 Å². The van der Waals surface area contributed by atoms with E-state index in [1.165, 1.54) is 32.1 Å². The molecule has 8 nitrogen and oxygen atoms in total. The Morgan fingerprint density at radius 1 is 1.32 bits per heavy atom. The highest BCUT2D eigenvalue weighted by Crippen LogP contribution is 2.25. The van der Waals surface area contributed by atoms with Gasteiger partial charge in [0.05, 0.1) is 19.0 Å². The summed E-state index contributed by atoms with van der Waals surface area (Å²) in [5, 5.41) is 12.5. The number of hydrogen-bond acceptors (Lipinski definition) is 5. The average molecular weight is 348 g/mol. The van der Waals surface area contributed by atoms with Crippen molar-refractivity contribution in [1.29, 1.82) is 0 Å². The van der Waals surface area contributed by atoms with Crippen LogP contribution in [-0.4, -0.2) is 57.6 Å². The highest BCUT2D eigenvalue weighted by Gasteiger charge is 2.33. The lowest BCUT2D eigenvalue weighted by molar-refractivity contribution is -0.134. The number of aromatic nitrogens is 3. The van der Waals surface area contributed by atoms with Gasteiger partial charge in [0.15, 0.2) is 5.82 Å². The Balaban J connectivity index is 1.52. The molecule has 3 N–H and O–H groups in total. The fourth-order valence-electron chi connectivity index (χ4n) is 3.80. The lowest BCUT2D eigenvalue weighted by atomic mass is 9.88. The van der Waals surface area contributed by atoms with Crippen LogP contribution in [0.2, 0.25) is 0 Å². The summed E-state index contributed by atoms with van der Waals surface area (Å²) in [4.78, 5) is 31.0. The lowest BCUT2D eigenvalue weighted by Gasteiger charge is -2.37. The van der Waals surface area contributed by atoms with Crippen molar-refractivity contribution in [3.8, 4) is 0 Å². The van der Waals surface area contributed by atoms with Gasteiger partial charge >= 0.3 is 0 Å². The van der Waals surface area contributed by atoms with Crippen LogP contribution in [-0.2, 0) is 16.1 Å². The SMILES string of the molecule is Cc1nc(CNC(=O)C[C@H]2C(=O)NCCN2CC2CCCCC2)n[nH]1. The smallest absolute Gasteiger partial charge is 0.237 e. The summed E-state index contributed by atoms with van der Waals surface area (Å²) in [5.41, 5.74) is 0. The predicted molar refractivity (Wildman–Crippen MR) is 92.5 cm³/mol. The van der Waals surface area contributed by atoms with Gasteiger partial charge in [0.25, 0.3) is 0 Å². The molecular formula is C17H28N6O2. The molecule has 1 atom stereocenters. The first kappa shape index (κ1) is 17.8. The van der Waals surface area contributed by atoms with Crippen molar-refractivity contribution in [1.82, 2.24) is 30.7 Å². The molecule has 1 saturated carbocycles. The first-order chi connectivity index (χ1) is 12.1. The molecule has 0 unspecified atom stereocenters. The normalized spacial score (nSPS) is 22.6. The van der Waals surface area contributed by atoms with Crippen LogP contribution in [0.25, 0.3) is 0 Å². The van der Waals surface area contributed by atoms with E-state index in [1.807, 2.05) is 6.92 Å². The molecule has 1 aromatic rings. The Kier molecular flexibility index (Phi) is 6.01. The Morgan fingerprint density at radius 3 is 2.84 bits per heavy atom. The fraction of sp³-hybridized carbons (Fsp3) is 0.765. The van der Waals surface area contributed by atoms with E-state index in [0.717, 1.165) is 18.9 Å². The highest BCUT2D eigenvalue weighted by molar-refractivity contribution is 5.88. The summed E-state index contributed by atoms with van der Waals surface area (Å²) < 4.78 is 0. The summed E-state index contributed by atoms with van der Waals surface area (Å²) in [6, 6.07) is -0.371. The Labute approximate surface area is 148 Å². The third-order valence-corrected chi connectivity index (χ3v) is 5.13. The molecule has 3 rings (SSSR count). The van der Waals surface area contributed by atoms with E-state index in [1.54, 1.807) is 0 Å². The molecule has 0 spiro atoms. The third kappa shape index (κ3) is 5.01. The molecule has 2 fully saturated rings. The van der Waals surface area contributed by atoms with Crippen molar-refractivity contribution >= 4 is 11.8 Å². The van der Waals surface area contributed by atoms with Crippen LogP contribution in [0, 0.1) is 12.8 Å². The Bertz CT molecular complexity index is 596. The van der Waals surface area contributed by atoms with Crippen molar-refractivity contribution in [3.63, 3.8) is 0 Å². The maximum atomic E-state index is 12.3.